The Morgan fingerprint density at radius 3 is 2.42 bits per heavy atom. The maximum atomic E-state index is 13.4. The third kappa shape index (κ3) is 3.90. The maximum absolute atomic E-state index is 13.4. The van der Waals surface area contributed by atoms with E-state index >= 15 is 0 Å². The van der Waals surface area contributed by atoms with E-state index in [1.54, 1.807) is 6.07 Å². The van der Waals surface area contributed by atoms with E-state index in [2.05, 4.69) is 63.9 Å². The Kier molecular flexibility index (Phi) is 4.80. The zero-order valence-corrected chi connectivity index (χ0v) is 14.1. The van der Waals surface area contributed by atoms with Gasteiger partial charge >= 0.3 is 0 Å². The molecule has 0 fully saturated rings. The molecule has 2 aromatic carbocycles. The average molecular weight is 386 g/mol. The zero-order valence-electron chi connectivity index (χ0n) is 10.9. The molecule has 3 heteroatoms. The fourth-order valence-corrected chi connectivity index (χ4v) is 3.13. The second-order valence-electron chi connectivity index (χ2n) is 4.79. The molecule has 0 saturated heterocycles. The molecule has 0 saturated carbocycles. The van der Waals surface area contributed by atoms with Crippen LogP contribution in [0, 0.1) is 19.7 Å². The quantitative estimate of drug-likeness (QED) is 0.578. The van der Waals surface area contributed by atoms with Crippen molar-refractivity contribution in [2.75, 3.05) is 0 Å². The van der Waals surface area contributed by atoms with E-state index < -0.39 is 0 Å². The molecule has 0 bridgehead atoms. The summed E-state index contributed by atoms with van der Waals surface area (Å²) in [5.74, 6) is -0.214. The Labute approximate surface area is 130 Å². The fraction of sp³-hybridized carbons (Fsp3) is 0.250. The van der Waals surface area contributed by atoms with Crippen molar-refractivity contribution >= 4 is 31.9 Å². The predicted molar refractivity (Wildman–Crippen MR) is 85.4 cm³/mol. The summed E-state index contributed by atoms with van der Waals surface area (Å²) < 4.78 is 14.2. The van der Waals surface area contributed by atoms with Crippen LogP contribution in [-0.2, 0) is 6.42 Å². The number of hydrogen-bond acceptors (Lipinski definition) is 0. The summed E-state index contributed by atoms with van der Waals surface area (Å²) in [7, 11) is 0. The van der Waals surface area contributed by atoms with Crippen LogP contribution in [-0.4, -0.2) is 0 Å². The van der Waals surface area contributed by atoms with E-state index in [0.717, 1.165) is 16.5 Å². The maximum Gasteiger partial charge on any atom is 0.124 e. The molecular formula is C16H15Br2F. The molecule has 0 N–H and O–H groups in total. The summed E-state index contributed by atoms with van der Waals surface area (Å²) in [4.78, 5) is 0.113. The van der Waals surface area contributed by atoms with Crippen molar-refractivity contribution in [2.24, 2.45) is 0 Å². The van der Waals surface area contributed by atoms with Crippen LogP contribution >= 0.6 is 31.9 Å². The third-order valence-electron chi connectivity index (χ3n) is 3.23. The van der Waals surface area contributed by atoms with E-state index in [1.807, 2.05) is 6.07 Å². The number of alkyl halides is 1. The molecule has 0 nitrogen and oxygen atoms in total. The van der Waals surface area contributed by atoms with Gasteiger partial charge in [-0.2, -0.15) is 0 Å². The van der Waals surface area contributed by atoms with E-state index in [9.17, 15) is 4.39 Å². The van der Waals surface area contributed by atoms with Crippen LogP contribution in [0.3, 0.4) is 0 Å². The van der Waals surface area contributed by atoms with Crippen molar-refractivity contribution in [3.63, 3.8) is 0 Å². The molecular weight excluding hydrogens is 371 g/mol. The summed E-state index contributed by atoms with van der Waals surface area (Å²) in [5.41, 5.74) is 4.79. The number of hydrogen-bond donors (Lipinski definition) is 0. The highest BCUT2D eigenvalue weighted by atomic mass is 79.9. The second kappa shape index (κ2) is 6.19. The van der Waals surface area contributed by atoms with Crippen LogP contribution in [0.25, 0.3) is 0 Å². The Morgan fingerprint density at radius 2 is 1.79 bits per heavy atom. The molecule has 1 unspecified atom stereocenters. The molecule has 0 aliphatic carbocycles. The van der Waals surface area contributed by atoms with Crippen molar-refractivity contribution in [1.82, 2.24) is 0 Å². The molecule has 2 aromatic rings. The van der Waals surface area contributed by atoms with E-state index in [-0.39, 0.29) is 10.6 Å². The van der Waals surface area contributed by atoms with Crippen molar-refractivity contribution in [3.8, 4) is 0 Å². The Bertz CT molecular complexity index is 573. The lowest BCUT2D eigenvalue weighted by molar-refractivity contribution is 0.624. The van der Waals surface area contributed by atoms with Gasteiger partial charge in [0.15, 0.2) is 0 Å². The van der Waals surface area contributed by atoms with Gasteiger partial charge in [0.1, 0.15) is 5.82 Å². The summed E-state index contributed by atoms with van der Waals surface area (Å²) in [6.45, 7) is 4.22. The van der Waals surface area contributed by atoms with Gasteiger partial charge in [-0.25, -0.2) is 4.39 Å². The number of halogens is 3. The SMILES string of the molecule is Cc1ccc(CC(Br)c2cc(F)cc(Br)c2)cc1C. The minimum atomic E-state index is -0.214. The van der Waals surface area contributed by atoms with Crippen molar-refractivity contribution in [1.29, 1.82) is 0 Å². The standard InChI is InChI=1S/C16H15Br2F/c1-10-3-4-12(5-11(10)2)6-16(18)13-7-14(17)9-15(19)8-13/h3-5,7-9,16H,6H2,1-2H3. The van der Waals surface area contributed by atoms with Crippen LogP contribution in [0.15, 0.2) is 40.9 Å². The first-order valence-corrected chi connectivity index (χ1v) is 7.83. The zero-order chi connectivity index (χ0) is 14.0. The normalized spacial score (nSPS) is 12.5. The monoisotopic (exact) mass is 384 g/mol. The highest BCUT2D eigenvalue weighted by molar-refractivity contribution is 9.10. The van der Waals surface area contributed by atoms with Gasteiger partial charge in [-0.1, -0.05) is 50.1 Å². The number of aryl methyl sites for hydroxylation is 2. The molecule has 0 heterocycles. The van der Waals surface area contributed by atoms with Gasteiger partial charge in [0.05, 0.1) is 0 Å². The van der Waals surface area contributed by atoms with Crippen molar-refractivity contribution < 1.29 is 4.39 Å². The molecule has 2 rings (SSSR count). The van der Waals surface area contributed by atoms with Crippen LogP contribution in [0.2, 0.25) is 0 Å². The van der Waals surface area contributed by atoms with Crippen LogP contribution in [0.1, 0.15) is 27.1 Å². The van der Waals surface area contributed by atoms with E-state index in [1.165, 1.54) is 22.8 Å². The molecule has 0 aromatic heterocycles. The molecule has 0 amide bonds. The minimum absolute atomic E-state index is 0.113. The number of rotatable bonds is 3. The van der Waals surface area contributed by atoms with Gasteiger partial charge in [0, 0.05) is 9.30 Å². The largest absolute Gasteiger partial charge is 0.207 e. The Hall–Kier alpha value is -0.670. The van der Waals surface area contributed by atoms with Gasteiger partial charge in [0.2, 0.25) is 0 Å². The molecule has 100 valence electrons. The molecule has 0 aliphatic rings. The van der Waals surface area contributed by atoms with Gasteiger partial charge in [0.25, 0.3) is 0 Å². The van der Waals surface area contributed by atoms with Crippen LogP contribution in [0.5, 0.6) is 0 Å². The highest BCUT2D eigenvalue weighted by Gasteiger charge is 2.11. The highest BCUT2D eigenvalue weighted by Crippen LogP contribution is 2.30. The molecule has 1 atom stereocenters. The fourth-order valence-electron chi connectivity index (χ4n) is 2.01. The van der Waals surface area contributed by atoms with Crippen molar-refractivity contribution in [3.05, 3.63) is 68.9 Å². The van der Waals surface area contributed by atoms with Gasteiger partial charge in [-0.05, 0) is 60.7 Å². The first-order valence-electron chi connectivity index (χ1n) is 6.12. The van der Waals surface area contributed by atoms with Gasteiger partial charge in [-0.15, -0.1) is 0 Å². The summed E-state index contributed by atoms with van der Waals surface area (Å²) >= 11 is 6.97. The molecule has 19 heavy (non-hydrogen) atoms. The van der Waals surface area contributed by atoms with E-state index in [0.29, 0.717) is 0 Å². The average Bonchev–Trinajstić information content (AvgIpc) is 2.32. The first-order chi connectivity index (χ1) is 8.95. The first kappa shape index (κ1) is 14.7. The lowest BCUT2D eigenvalue weighted by Crippen LogP contribution is -1.97. The molecule has 0 radical (unpaired) electrons. The van der Waals surface area contributed by atoms with Crippen LogP contribution < -0.4 is 0 Å². The van der Waals surface area contributed by atoms with Gasteiger partial charge < -0.3 is 0 Å². The molecule has 0 spiro atoms. The Balaban J connectivity index is 2.20. The second-order valence-corrected chi connectivity index (χ2v) is 6.81. The smallest absolute Gasteiger partial charge is 0.124 e. The Morgan fingerprint density at radius 1 is 1.05 bits per heavy atom. The number of benzene rings is 2. The topological polar surface area (TPSA) is 0 Å². The predicted octanol–water partition coefficient (Wildman–Crippen LogP) is 5.88. The lowest BCUT2D eigenvalue weighted by atomic mass is 10.0. The summed E-state index contributed by atoms with van der Waals surface area (Å²) in [6, 6.07) is 11.4. The van der Waals surface area contributed by atoms with E-state index in [4.69, 9.17) is 0 Å². The third-order valence-corrected chi connectivity index (χ3v) is 4.54. The minimum Gasteiger partial charge on any atom is -0.207 e. The summed E-state index contributed by atoms with van der Waals surface area (Å²) in [5, 5.41) is 0. The summed E-state index contributed by atoms with van der Waals surface area (Å²) in [6.07, 6.45) is 0.844. The van der Waals surface area contributed by atoms with Crippen molar-refractivity contribution in [2.45, 2.75) is 25.1 Å². The van der Waals surface area contributed by atoms with Gasteiger partial charge in [-0.3, -0.25) is 0 Å². The molecule has 0 aliphatic heterocycles. The van der Waals surface area contributed by atoms with Crippen LogP contribution in [0.4, 0.5) is 4.39 Å². The lowest BCUT2D eigenvalue weighted by Gasteiger charge is -2.12.